The fourth-order valence-electron chi connectivity index (χ4n) is 1.80. The van der Waals surface area contributed by atoms with Crippen molar-refractivity contribution in [3.63, 3.8) is 0 Å². The van der Waals surface area contributed by atoms with Crippen LogP contribution in [0.15, 0.2) is 0 Å². The van der Waals surface area contributed by atoms with Crippen LogP contribution in [0, 0.1) is 0 Å². The van der Waals surface area contributed by atoms with Gasteiger partial charge in [0, 0.05) is 20.6 Å². The third-order valence-corrected chi connectivity index (χ3v) is 3.02. The van der Waals surface area contributed by atoms with Crippen molar-refractivity contribution in [2.45, 2.75) is 52.4 Å². The number of nitrogens with one attached hydrogen (secondary N) is 1. The van der Waals surface area contributed by atoms with Crippen molar-refractivity contribution in [3.8, 4) is 6.01 Å². The number of aromatic nitrogens is 3. The molecule has 1 heterocycles. The molecule has 120 valence electrons. The van der Waals surface area contributed by atoms with E-state index in [1.807, 2.05) is 19.0 Å². The van der Waals surface area contributed by atoms with Crippen molar-refractivity contribution in [1.82, 2.24) is 15.0 Å². The summed E-state index contributed by atoms with van der Waals surface area (Å²) in [5.74, 6) is 1.20. The molecule has 1 aromatic rings. The topological polar surface area (TPSA) is 63.2 Å². The summed E-state index contributed by atoms with van der Waals surface area (Å²) in [6, 6.07) is 0.405. The van der Waals surface area contributed by atoms with Crippen LogP contribution >= 0.6 is 0 Å². The molecule has 0 amide bonds. The Kier molecular flexibility index (Phi) is 8.47. The molecule has 21 heavy (non-hydrogen) atoms. The second-order valence-corrected chi connectivity index (χ2v) is 5.33. The van der Waals surface area contributed by atoms with Crippen LogP contribution in [-0.2, 0) is 0 Å². The highest BCUT2D eigenvalue weighted by Crippen LogP contribution is 2.13. The quantitative estimate of drug-likeness (QED) is 0.633. The van der Waals surface area contributed by atoms with Gasteiger partial charge in [0.15, 0.2) is 0 Å². The number of anilines is 2. The molecule has 0 spiro atoms. The number of rotatable bonds is 11. The van der Waals surface area contributed by atoms with Gasteiger partial charge in [-0.2, -0.15) is 15.0 Å². The first-order chi connectivity index (χ1) is 10.2. The van der Waals surface area contributed by atoms with Crippen LogP contribution in [0.3, 0.4) is 0 Å². The van der Waals surface area contributed by atoms with E-state index in [1.165, 1.54) is 25.7 Å². The molecule has 0 unspecified atom stereocenters. The predicted octanol–water partition coefficient (Wildman–Crippen LogP) is 3.11. The number of hydrogen-bond donors (Lipinski definition) is 1. The Labute approximate surface area is 128 Å². The van der Waals surface area contributed by atoms with E-state index in [2.05, 4.69) is 34.1 Å². The second kappa shape index (κ2) is 10.2. The van der Waals surface area contributed by atoms with Crippen LogP contribution in [-0.4, -0.2) is 42.2 Å². The SMILES string of the molecule is CCCCCCCOc1nc(NCCC)nc(N(C)C)n1. The molecular weight excluding hydrogens is 266 g/mol. The lowest BCUT2D eigenvalue weighted by Crippen LogP contribution is -2.16. The summed E-state index contributed by atoms with van der Waals surface area (Å²) in [6.07, 6.45) is 7.08. The Morgan fingerprint density at radius 3 is 2.38 bits per heavy atom. The highest BCUT2D eigenvalue weighted by atomic mass is 16.5. The smallest absolute Gasteiger partial charge is 0.323 e. The fourth-order valence-corrected chi connectivity index (χ4v) is 1.80. The average Bonchev–Trinajstić information content (AvgIpc) is 2.48. The van der Waals surface area contributed by atoms with Crippen LogP contribution in [0.1, 0.15) is 52.4 Å². The van der Waals surface area contributed by atoms with Crippen molar-refractivity contribution in [2.24, 2.45) is 0 Å². The number of nitrogens with zero attached hydrogens (tertiary/aromatic N) is 4. The summed E-state index contributed by atoms with van der Waals surface area (Å²) in [5.41, 5.74) is 0. The zero-order valence-electron chi connectivity index (χ0n) is 13.9. The molecule has 0 aliphatic rings. The van der Waals surface area contributed by atoms with Crippen molar-refractivity contribution in [3.05, 3.63) is 0 Å². The lowest BCUT2D eigenvalue weighted by atomic mass is 10.2. The molecule has 0 atom stereocenters. The maximum absolute atomic E-state index is 5.67. The molecule has 1 rings (SSSR count). The Bertz CT molecular complexity index is 398. The largest absolute Gasteiger partial charge is 0.463 e. The molecule has 0 fully saturated rings. The zero-order valence-corrected chi connectivity index (χ0v) is 13.9. The van der Waals surface area contributed by atoms with Crippen LogP contribution in [0.5, 0.6) is 6.01 Å². The standard InChI is InChI=1S/C15H29N5O/c1-5-7-8-9-10-12-21-15-18-13(16-11-6-2)17-14(19-15)20(3)4/h5-12H2,1-4H3,(H,16,17,18,19). The summed E-state index contributed by atoms with van der Waals surface area (Å²) in [5, 5.41) is 3.18. The second-order valence-electron chi connectivity index (χ2n) is 5.33. The van der Waals surface area contributed by atoms with Gasteiger partial charge >= 0.3 is 6.01 Å². The highest BCUT2D eigenvalue weighted by Gasteiger charge is 2.08. The Morgan fingerprint density at radius 1 is 0.952 bits per heavy atom. The molecule has 0 bridgehead atoms. The van der Waals surface area contributed by atoms with E-state index < -0.39 is 0 Å². The third-order valence-electron chi connectivity index (χ3n) is 3.02. The van der Waals surface area contributed by atoms with E-state index in [-0.39, 0.29) is 0 Å². The lowest BCUT2D eigenvalue weighted by molar-refractivity contribution is 0.281. The van der Waals surface area contributed by atoms with E-state index in [1.54, 1.807) is 0 Å². The maximum Gasteiger partial charge on any atom is 0.323 e. The molecule has 0 aliphatic heterocycles. The minimum Gasteiger partial charge on any atom is -0.463 e. The van der Waals surface area contributed by atoms with Crippen molar-refractivity contribution >= 4 is 11.9 Å². The Balaban J connectivity index is 2.52. The average molecular weight is 295 g/mol. The Hall–Kier alpha value is -1.59. The van der Waals surface area contributed by atoms with Crippen LogP contribution in [0.25, 0.3) is 0 Å². The summed E-state index contributed by atoms with van der Waals surface area (Å²) in [4.78, 5) is 14.8. The first-order valence-corrected chi connectivity index (χ1v) is 7.97. The van der Waals surface area contributed by atoms with Gasteiger partial charge < -0.3 is 15.0 Å². The van der Waals surface area contributed by atoms with E-state index in [9.17, 15) is 0 Å². The summed E-state index contributed by atoms with van der Waals surface area (Å²) in [6.45, 7) is 5.82. The van der Waals surface area contributed by atoms with E-state index in [4.69, 9.17) is 4.74 Å². The Morgan fingerprint density at radius 2 is 1.71 bits per heavy atom. The first kappa shape index (κ1) is 17.5. The van der Waals surface area contributed by atoms with Crippen LogP contribution in [0.4, 0.5) is 11.9 Å². The van der Waals surface area contributed by atoms with Gasteiger partial charge in [0.05, 0.1) is 6.61 Å². The zero-order chi connectivity index (χ0) is 15.5. The molecule has 6 heteroatoms. The van der Waals surface area contributed by atoms with E-state index in [0.717, 1.165) is 19.4 Å². The lowest BCUT2D eigenvalue weighted by Gasteiger charge is -2.13. The molecule has 6 nitrogen and oxygen atoms in total. The van der Waals surface area contributed by atoms with Crippen molar-refractivity contribution in [2.75, 3.05) is 37.5 Å². The maximum atomic E-state index is 5.67. The number of ether oxygens (including phenoxy) is 1. The molecule has 0 aromatic carbocycles. The minimum absolute atomic E-state index is 0.405. The molecule has 0 aliphatic carbocycles. The molecule has 0 radical (unpaired) electrons. The molecule has 0 saturated carbocycles. The number of hydrogen-bond acceptors (Lipinski definition) is 6. The van der Waals surface area contributed by atoms with E-state index in [0.29, 0.717) is 24.5 Å². The van der Waals surface area contributed by atoms with Gasteiger partial charge in [-0.05, 0) is 12.8 Å². The van der Waals surface area contributed by atoms with Crippen LogP contribution < -0.4 is 15.0 Å². The first-order valence-electron chi connectivity index (χ1n) is 7.97. The predicted molar refractivity (Wildman–Crippen MR) is 87.2 cm³/mol. The molecule has 0 saturated heterocycles. The van der Waals surface area contributed by atoms with Crippen molar-refractivity contribution in [1.29, 1.82) is 0 Å². The fraction of sp³-hybridized carbons (Fsp3) is 0.800. The van der Waals surface area contributed by atoms with Crippen LogP contribution in [0.2, 0.25) is 0 Å². The van der Waals surface area contributed by atoms with Gasteiger partial charge in [-0.3, -0.25) is 0 Å². The van der Waals surface area contributed by atoms with Gasteiger partial charge in [0.25, 0.3) is 0 Å². The third kappa shape index (κ3) is 7.11. The van der Waals surface area contributed by atoms with E-state index >= 15 is 0 Å². The molecular formula is C15H29N5O. The van der Waals surface area contributed by atoms with Gasteiger partial charge in [0.1, 0.15) is 0 Å². The summed E-state index contributed by atoms with van der Waals surface area (Å²) >= 11 is 0. The van der Waals surface area contributed by atoms with Gasteiger partial charge in [-0.25, -0.2) is 0 Å². The highest BCUT2D eigenvalue weighted by molar-refractivity contribution is 5.36. The van der Waals surface area contributed by atoms with Gasteiger partial charge in [-0.1, -0.05) is 39.5 Å². The summed E-state index contributed by atoms with van der Waals surface area (Å²) < 4.78 is 5.67. The normalized spacial score (nSPS) is 10.5. The molecule has 1 N–H and O–H groups in total. The summed E-state index contributed by atoms with van der Waals surface area (Å²) in [7, 11) is 3.82. The van der Waals surface area contributed by atoms with Crippen molar-refractivity contribution < 1.29 is 4.74 Å². The van der Waals surface area contributed by atoms with Gasteiger partial charge in [0.2, 0.25) is 11.9 Å². The van der Waals surface area contributed by atoms with Gasteiger partial charge in [-0.15, -0.1) is 0 Å². The minimum atomic E-state index is 0.405. The molecule has 1 aromatic heterocycles. The monoisotopic (exact) mass is 295 g/mol. The number of unbranched alkanes of at least 4 members (excludes halogenated alkanes) is 4.